The molecule has 11 rings (SSSR count). The summed E-state index contributed by atoms with van der Waals surface area (Å²) in [6.45, 7) is 0. The molecule has 276 valence electrons. The van der Waals surface area contributed by atoms with Gasteiger partial charge in [-0.2, -0.15) is 0 Å². The first kappa shape index (κ1) is 34.3. The Labute approximate surface area is 342 Å². The average Bonchev–Trinajstić information content (AvgIpc) is 3.66. The van der Waals surface area contributed by atoms with Gasteiger partial charge in [-0.15, -0.1) is 0 Å². The summed E-state index contributed by atoms with van der Waals surface area (Å²) in [6.07, 6.45) is 0. The van der Waals surface area contributed by atoms with Gasteiger partial charge in [0.05, 0.1) is 16.7 Å². The van der Waals surface area contributed by atoms with Crippen molar-refractivity contribution < 1.29 is 0 Å². The van der Waals surface area contributed by atoms with Crippen molar-refractivity contribution in [2.24, 2.45) is 0 Å². The van der Waals surface area contributed by atoms with E-state index < -0.39 is 0 Å². The van der Waals surface area contributed by atoms with Crippen LogP contribution in [0, 0.1) is 0 Å². The summed E-state index contributed by atoms with van der Waals surface area (Å²) in [5.74, 6) is 1.88. The molecule has 0 spiro atoms. The van der Waals surface area contributed by atoms with Crippen molar-refractivity contribution >= 4 is 32.6 Å². The molecule has 4 nitrogen and oxygen atoms in total. The van der Waals surface area contributed by atoms with Crippen LogP contribution in [0.5, 0.6) is 0 Å². The number of aromatic nitrogens is 4. The second kappa shape index (κ2) is 14.5. The summed E-state index contributed by atoms with van der Waals surface area (Å²) < 4.78 is 2.40. The molecule has 0 atom stereocenters. The predicted molar refractivity (Wildman–Crippen MR) is 244 cm³/mol. The maximum absolute atomic E-state index is 5.25. The summed E-state index contributed by atoms with van der Waals surface area (Å²) in [6, 6.07) is 76.9. The molecule has 11 aromatic rings. The molecule has 0 aliphatic rings. The second-order valence-electron chi connectivity index (χ2n) is 14.8. The van der Waals surface area contributed by atoms with Crippen LogP contribution < -0.4 is 0 Å². The van der Waals surface area contributed by atoms with E-state index in [2.05, 4.69) is 211 Å². The SMILES string of the molecule is c1ccc(-c2ccc(-c3nc(-c4cccc(-c5ccccc5)c4)nc(-c4ccc(-c5ccccc5-n5c6ccccc6c6ccccc65)c5ccccc45)n3)cc2)cc1. The minimum atomic E-state index is 0.625. The van der Waals surface area contributed by atoms with Gasteiger partial charge < -0.3 is 4.57 Å². The number of hydrogen-bond acceptors (Lipinski definition) is 3. The van der Waals surface area contributed by atoms with Crippen molar-refractivity contribution in [3.8, 4) is 73.2 Å². The average molecular weight is 753 g/mol. The van der Waals surface area contributed by atoms with Gasteiger partial charge in [0, 0.05) is 33.0 Å². The highest BCUT2D eigenvalue weighted by molar-refractivity contribution is 6.11. The van der Waals surface area contributed by atoms with Gasteiger partial charge in [-0.05, 0) is 68.9 Å². The Bertz CT molecular complexity index is 3260. The normalized spacial score (nSPS) is 11.4. The quantitative estimate of drug-likeness (QED) is 0.163. The lowest BCUT2D eigenvalue weighted by Crippen LogP contribution is -2.01. The minimum absolute atomic E-state index is 0.625. The molecule has 0 amide bonds. The van der Waals surface area contributed by atoms with Crippen LogP contribution in [0.2, 0.25) is 0 Å². The standard InChI is InChI=1S/C55H36N4/c1-3-16-37(17-4-1)39-30-32-40(33-31-39)53-56-54(42-21-15-20-41(36-42)38-18-5-2-6-19-38)58-55(57-53)49-35-34-45(43-22-7-8-23-44(43)49)46-24-9-12-27-50(46)59-51-28-13-10-25-47(51)48-26-11-14-29-52(48)59/h1-36H. The highest BCUT2D eigenvalue weighted by atomic mass is 15.0. The molecule has 0 radical (unpaired) electrons. The zero-order valence-corrected chi connectivity index (χ0v) is 32.1. The first-order valence-corrected chi connectivity index (χ1v) is 19.9. The van der Waals surface area contributed by atoms with Gasteiger partial charge in [-0.1, -0.05) is 188 Å². The van der Waals surface area contributed by atoms with Crippen LogP contribution >= 0.6 is 0 Å². The number of para-hydroxylation sites is 3. The molecule has 0 bridgehead atoms. The number of hydrogen-bond donors (Lipinski definition) is 0. The fourth-order valence-electron chi connectivity index (χ4n) is 8.47. The van der Waals surface area contributed by atoms with E-state index in [-0.39, 0.29) is 0 Å². The fourth-order valence-corrected chi connectivity index (χ4v) is 8.47. The van der Waals surface area contributed by atoms with Crippen molar-refractivity contribution in [2.45, 2.75) is 0 Å². The Morgan fingerprint density at radius 1 is 0.254 bits per heavy atom. The lowest BCUT2D eigenvalue weighted by molar-refractivity contribution is 1.08. The van der Waals surface area contributed by atoms with E-state index in [0.717, 1.165) is 61.0 Å². The van der Waals surface area contributed by atoms with Crippen molar-refractivity contribution in [1.82, 2.24) is 19.5 Å². The maximum atomic E-state index is 5.25. The van der Waals surface area contributed by atoms with Gasteiger partial charge in [0.1, 0.15) is 0 Å². The highest BCUT2D eigenvalue weighted by Gasteiger charge is 2.20. The van der Waals surface area contributed by atoms with E-state index in [4.69, 9.17) is 15.0 Å². The summed E-state index contributed by atoms with van der Waals surface area (Å²) in [5, 5.41) is 4.68. The minimum Gasteiger partial charge on any atom is -0.309 e. The summed E-state index contributed by atoms with van der Waals surface area (Å²) in [5.41, 5.74) is 13.1. The number of nitrogens with zero attached hydrogens (tertiary/aromatic N) is 4. The Balaban J connectivity index is 1.09. The maximum Gasteiger partial charge on any atom is 0.164 e. The second-order valence-corrected chi connectivity index (χ2v) is 14.8. The lowest BCUT2D eigenvalue weighted by atomic mass is 9.93. The molecule has 0 unspecified atom stereocenters. The van der Waals surface area contributed by atoms with Crippen LogP contribution in [0.25, 0.3) is 106 Å². The molecule has 4 heteroatoms. The number of fused-ring (bicyclic) bond motifs is 4. The first-order chi connectivity index (χ1) is 29.3. The van der Waals surface area contributed by atoms with Crippen molar-refractivity contribution in [3.05, 3.63) is 218 Å². The Morgan fingerprint density at radius 2 is 0.695 bits per heavy atom. The molecule has 2 aromatic heterocycles. The molecule has 9 aromatic carbocycles. The summed E-state index contributed by atoms with van der Waals surface area (Å²) in [4.78, 5) is 15.6. The van der Waals surface area contributed by atoms with Gasteiger partial charge in [0.15, 0.2) is 17.5 Å². The van der Waals surface area contributed by atoms with E-state index in [0.29, 0.717) is 17.5 Å². The smallest absolute Gasteiger partial charge is 0.164 e. The predicted octanol–water partition coefficient (Wildman–Crippen LogP) is 14.1. The fraction of sp³-hybridized carbons (Fsp3) is 0. The molecular weight excluding hydrogens is 717 g/mol. The van der Waals surface area contributed by atoms with E-state index >= 15 is 0 Å². The molecule has 0 saturated carbocycles. The lowest BCUT2D eigenvalue weighted by Gasteiger charge is -2.17. The van der Waals surface area contributed by atoms with E-state index in [1.165, 1.54) is 27.4 Å². The number of benzene rings is 9. The van der Waals surface area contributed by atoms with Gasteiger partial charge in [0.25, 0.3) is 0 Å². The molecule has 0 aliphatic heterocycles. The van der Waals surface area contributed by atoms with Crippen molar-refractivity contribution in [3.63, 3.8) is 0 Å². The summed E-state index contributed by atoms with van der Waals surface area (Å²) >= 11 is 0. The third-order valence-corrected chi connectivity index (χ3v) is 11.3. The summed E-state index contributed by atoms with van der Waals surface area (Å²) in [7, 11) is 0. The van der Waals surface area contributed by atoms with Gasteiger partial charge in [-0.25, -0.2) is 15.0 Å². The van der Waals surface area contributed by atoms with Crippen LogP contribution in [0.3, 0.4) is 0 Å². The van der Waals surface area contributed by atoms with E-state index in [1.807, 2.05) is 12.1 Å². The zero-order valence-electron chi connectivity index (χ0n) is 32.1. The topological polar surface area (TPSA) is 43.6 Å². The molecular formula is C55H36N4. The molecule has 2 heterocycles. The van der Waals surface area contributed by atoms with E-state index in [9.17, 15) is 0 Å². The van der Waals surface area contributed by atoms with Gasteiger partial charge in [-0.3, -0.25) is 0 Å². The largest absolute Gasteiger partial charge is 0.309 e. The van der Waals surface area contributed by atoms with Crippen LogP contribution in [-0.4, -0.2) is 19.5 Å². The van der Waals surface area contributed by atoms with Crippen LogP contribution in [0.15, 0.2) is 218 Å². The van der Waals surface area contributed by atoms with Crippen molar-refractivity contribution in [2.75, 3.05) is 0 Å². The first-order valence-electron chi connectivity index (χ1n) is 19.9. The third-order valence-electron chi connectivity index (χ3n) is 11.3. The van der Waals surface area contributed by atoms with Gasteiger partial charge in [0.2, 0.25) is 0 Å². The van der Waals surface area contributed by atoms with Gasteiger partial charge >= 0.3 is 0 Å². The Morgan fingerprint density at radius 3 is 1.37 bits per heavy atom. The zero-order chi connectivity index (χ0) is 39.1. The Hall–Kier alpha value is -7.95. The third kappa shape index (κ3) is 6.15. The van der Waals surface area contributed by atoms with Crippen molar-refractivity contribution in [1.29, 1.82) is 0 Å². The molecule has 0 fully saturated rings. The monoisotopic (exact) mass is 752 g/mol. The molecule has 0 N–H and O–H groups in total. The van der Waals surface area contributed by atoms with Crippen LogP contribution in [-0.2, 0) is 0 Å². The molecule has 0 saturated heterocycles. The number of rotatable bonds is 7. The Kier molecular flexibility index (Phi) is 8.45. The van der Waals surface area contributed by atoms with Crippen LogP contribution in [0.4, 0.5) is 0 Å². The molecule has 0 aliphatic carbocycles. The highest BCUT2D eigenvalue weighted by Crippen LogP contribution is 2.41. The van der Waals surface area contributed by atoms with Crippen LogP contribution in [0.1, 0.15) is 0 Å². The van der Waals surface area contributed by atoms with E-state index in [1.54, 1.807) is 0 Å². The molecule has 59 heavy (non-hydrogen) atoms.